The lowest BCUT2D eigenvalue weighted by atomic mass is 10.0. The van der Waals surface area contributed by atoms with Crippen molar-refractivity contribution in [1.29, 1.82) is 0 Å². The third-order valence-electron chi connectivity index (χ3n) is 4.40. The van der Waals surface area contributed by atoms with E-state index >= 15 is 0 Å². The van der Waals surface area contributed by atoms with Gasteiger partial charge in [-0.3, -0.25) is 0 Å². The maximum atomic E-state index is 12.4. The van der Waals surface area contributed by atoms with Crippen molar-refractivity contribution in [3.63, 3.8) is 0 Å². The lowest BCUT2D eigenvalue weighted by Gasteiger charge is -2.24. The van der Waals surface area contributed by atoms with E-state index in [9.17, 15) is 15.0 Å². The van der Waals surface area contributed by atoms with Crippen LogP contribution in [-0.2, 0) is 19.0 Å². The van der Waals surface area contributed by atoms with Crippen molar-refractivity contribution in [1.82, 2.24) is 0 Å². The molecule has 0 radical (unpaired) electrons. The van der Waals surface area contributed by atoms with Crippen molar-refractivity contribution in [2.24, 2.45) is 0 Å². The molecule has 2 N–H and O–H groups in total. The quantitative estimate of drug-likeness (QED) is 0.375. The minimum atomic E-state index is -1.03. The summed E-state index contributed by atoms with van der Waals surface area (Å²) < 4.78 is 17.5. The van der Waals surface area contributed by atoms with Crippen molar-refractivity contribution >= 4 is 12.0 Å². The molecule has 1 fully saturated rings. The van der Waals surface area contributed by atoms with Crippen LogP contribution in [0, 0.1) is 0 Å². The predicted octanol–water partition coefficient (Wildman–Crippen LogP) is 3.01. The highest BCUT2D eigenvalue weighted by Gasteiger charge is 2.45. The Morgan fingerprint density at radius 1 is 1.28 bits per heavy atom. The molecule has 1 aliphatic heterocycles. The molecule has 0 aromatic heterocycles. The van der Waals surface area contributed by atoms with Crippen molar-refractivity contribution in [3.05, 3.63) is 66.8 Å². The second kappa shape index (κ2) is 10.5. The van der Waals surface area contributed by atoms with Gasteiger partial charge in [-0.1, -0.05) is 48.6 Å². The minimum Gasteiger partial charge on any atom is -0.456 e. The highest BCUT2D eigenvalue weighted by Crippen LogP contribution is 2.33. The number of ether oxygens (including phenoxy) is 3. The Morgan fingerprint density at radius 2 is 1.97 bits per heavy atom. The Morgan fingerprint density at radius 3 is 2.59 bits per heavy atom. The van der Waals surface area contributed by atoms with Crippen LogP contribution in [0.25, 0.3) is 6.08 Å². The number of benzene rings is 1. The van der Waals surface area contributed by atoms with Crippen LogP contribution in [-0.4, -0.2) is 52.5 Å². The number of carbonyl (C=O) groups is 1. The predicted molar refractivity (Wildman–Crippen MR) is 111 cm³/mol. The number of hydrogen-bond acceptors (Lipinski definition) is 6. The zero-order valence-corrected chi connectivity index (χ0v) is 17.1. The molecule has 6 nitrogen and oxygen atoms in total. The molecule has 1 heterocycles. The van der Waals surface area contributed by atoms with Gasteiger partial charge in [-0.25, -0.2) is 4.79 Å². The summed E-state index contributed by atoms with van der Waals surface area (Å²) >= 11 is 0. The zero-order chi connectivity index (χ0) is 21.4. The van der Waals surface area contributed by atoms with Gasteiger partial charge >= 0.3 is 5.97 Å². The van der Waals surface area contributed by atoms with E-state index in [1.165, 1.54) is 19.1 Å². The fraction of sp³-hybridized carbons (Fsp3) is 0.435. The molecular formula is C23H30O6. The second-order valence-electron chi connectivity index (χ2n) is 7.42. The van der Waals surface area contributed by atoms with Crippen LogP contribution in [0.15, 0.2) is 61.2 Å². The lowest BCUT2D eigenvalue weighted by Crippen LogP contribution is -2.38. The summed E-state index contributed by atoms with van der Waals surface area (Å²) in [6.07, 6.45) is 4.44. The van der Waals surface area contributed by atoms with E-state index in [-0.39, 0.29) is 0 Å². The van der Waals surface area contributed by atoms with Gasteiger partial charge in [0.1, 0.15) is 18.3 Å². The van der Waals surface area contributed by atoms with Crippen LogP contribution >= 0.6 is 0 Å². The number of aliphatic hydroxyl groups is 2. The SMILES string of the molecule is C=CC[C@@H](OC(=O)/C=C/c1ccccc1)[C@@H]1OC(C)(C)O[C@H]1/C=C/[C@H](O)[C@H](C)O. The molecular weight excluding hydrogens is 372 g/mol. The number of aliphatic hydroxyl groups excluding tert-OH is 2. The number of carbonyl (C=O) groups excluding carboxylic acids is 1. The Balaban J connectivity index is 2.12. The van der Waals surface area contributed by atoms with E-state index in [4.69, 9.17) is 14.2 Å². The van der Waals surface area contributed by atoms with E-state index in [0.29, 0.717) is 6.42 Å². The summed E-state index contributed by atoms with van der Waals surface area (Å²) in [5, 5.41) is 19.3. The van der Waals surface area contributed by atoms with Crippen LogP contribution in [0.2, 0.25) is 0 Å². The van der Waals surface area contributed by atoms with Crippen LogP contribution in [0.5, 0.6) is 0 Å². The van der Waals surface area contributed by atoms with E-state index in [1.54, 1.807) is 32.1 Å². The maximum Gasteiger partial charge on any atom is 0.331 e. The van der Waals surface area contributed by atoms with Gasteiger partial charge in [0.05, 0.1) is 12.2 Å². The molecule has 0 bridgehead atoms. The van der Waals surface area contributed by atoms with E-state index in [2.05, 4.69) is 6.58 Å². The highest BCUT2D eigenvalue weighted by atomic mass is 16.8. The molecule has 158 valence electrons. The average molecular weight is 402 g/mol. The Labute approximate surface area is 172 Å². The Bertz CT molecular complexity index is 722. The summed E-state index contributed by atoms with van der Waals surface area (Å²) in [6, 6.07) is 9.44. The number of rotatable bonds is 9. The molecule has 6 heteroatoms. The molecule has 29 heavy (non-hydrogen) atoms. The number of esters is 1. The third-order valence-corrected chi connectivity index (χ3v) is 4.40. The van der Waals surface area contributed by atoms with E-state index in [1.807, 2.05) is 30.3 Å². The minimum absolute atomic E-state index is 0.373. The smallest absolute Gasteiger partial charge is 0.331 e. The molecule has 1 aromatic rings. The molecule has 1 saturated heterocycles. The lowest BCUT2D eigenvalue weighted by molar-refractivity contribution is -0.167. The van der Waals surface area contributed by atoms with Crippen molar-refractivity contribution in [2.45, 2.75) is 63.5 Å². The van der Waals surface area contributed by atoms with Gasteiger partial charge in [0, 0.05) is 12.5 Å². The first-order chi connectivity index (χ1) is 13.7. The molecule has 0 amide bonds. The van der Waals surface area contributed by atoms with E-state index in [0.717, 1.165) is 5.56 Å². The van der Waals surface area contributed by atoms with Crippen molar-refractivity contribution in [3.8, 4) is 0 Å². The van der Waals surface area contributed by atoms with E-state index < -0.39 is 42.3 Å². The largest absolute Gasteiger partial charge is 0.456 e. The molecule has 0 spiro atoms. The molecule has 2 rings (SSSR count). The third kappa shape index (κ3) is 7.25. The molecule has 0 saturated carbocycles. The molecule has 0 aliphatic carbocycles. The Kier molecular flexibility index (Phi) is 8.34. The topological polar surface area (TPSA) is 85.2 Å². The normalized spacial score (nSPS) is 24.4. The van der Waals surface area contributed by atoms with Gasteiger partial charge in [0.15, 0.2) is 5.79 Å². The van der Waals surface area contributed by atoms with Gasteiger partial charge < -0.3 is 24.4 Å². The first-order valence-corrected chi connectivity index (χ1v) is 9.66. The first kappa shape index (κ1) is 23.0. The van der Waals surface area contributed by atoms with Gasteiger partial charge in [-0.05, 0) is 32.4 Å². The molecule has 0 unspecified atom stereocenters. The average Bonchev–Trinajstić information content (AvgIpc) is 2.99. The zero-order valence-electron chi connectivity index (χ0n) is 17.1. The van der Waals surface area contributed by atoms with Gasteiger partial charge in [-0.2, -0.15) is 0 Å². The fourth-order valence-electron chi connectivity index (χ4n) is 2.97. The van der Waals surface area contributed by atoms with Crippen LogP contribution < -0.4 is 0 Å². The summed E-state index contributed by atoms with van der Waals surface area (Å²) in [5.74, 6) is -1.39. The molecule has 5 atom stereocenters. The fourth-order valence-corrected chi connectivity index (χ4v) is 2.97. The summed E-state index contributed by atoms with van der Waals surface area (Å²) in [4.78, 5) is 12.4. The summed E-state index contributed by atoms with van der Waals surface area (Å²) in [6.45, 7) is 8.75. The van der Waals surface area contributed by atoms with Gasteiger partial charge in [0.2, 0.25) is 0 Å². The van der Waals surface area contributed by atoms with Gasteiger partial charge in [-0.15, -0.1) is 6.58 Å². The molecule has 1 aromatic carbocycles. The van der Waals surface area contributed by atoms with Gasteiger partial charge in [0.25, 0.3) is 0 Å². The molecule has 1 aliphatic rings. The monoisotopic (exact) mass is 402 g/mol. The maximum absolute atomic E-state index is 12.4. The van der Waals surface area contributed by atoms with Crippen molar-refractivity contribution in [2.75, 3.05) is 0 Å². The van der Waals surface area contributed by atoms with Crippen LogP contribution in [0.4, 0.5) is 0 Å². The summed E-state index contributed by atoms with van der Waals surface area (Å²) in [7, 11) is 0. The highest BCUT2D eigenvalue weighted by molar-refractivity contribution is 5.87. The second-order valence-corrected chi connectivity index (χ2v) is 7.42. The first-order valence-electron chi connectivity index (χ1n) is 9.66. The van der Waals surface area contributed by atoms with Crippen LogP contribution in [0.3, 0.4) is 0 Å². The standard InChI is InChI=1S/C23H30O6/c1-5-9-19(27-21(26)15-12-17-10-7-6-8-11-17)22-20(28-23(3,4)29-22)14-13-18(25)16(2)24/h5-8,10-16,18-20,22,24-25H,1,9H2,2-4H3/b14-13+,15-12+/t16-,18-,19+,20-,22-/m0/s1. The van der Waals surface area contributed by atoms with Crippen molar-refractivity contribution < 1.29 is 29.2 Å². The number of hydrogen-bond donors (Lipinski definition) is 2. The Hall–Kier alpha value is -2.25. The van der Waals surface area contributed by atoms with Crippen LogP contribution in [0.1, 0.15) is 32.8 Å². The summed E-state index contributed by atoms with van der Waals surface area (Å²) in [5.41, 5.74) is 0.888.